The number of aliphatic carboxylic acids is 1. The molecule has 0 spiro atoms. The molecule has 1 fully saturated rings. The Morgan fingerprint density at radius 1 is 1.37 bits per heavy atom. The Bertz CT molecular complexity index is 349. The summed E-state index contributed by atoms with van der Waals surface area (Å²) in [5.41, 5.74) is -0.823. The number of nitrogens with one attached hydrogen (secondary N) is 2. The zero-order valence-corrected chi connectivity index (χ0v) is 12.4. The van der Waals surface area contributed by atoms with Crippen molar-refractivity contribution in [1.82, 2.24) is 10.6 Å². The molecule has 0 aromatic heterocycles. The van der Waals surface area contributed by atoms with Gasteiger partial charge in [0.15, 0.2) is 0 Å². The van der Waals surface area contributed by atoms with Crippen LogP contribution in [0.2, 0.25) is 0 Å². The van der Waals surface area contributed by atoms with Crippen LogP contribution in [0.25, 0.3) is 0 Å². The van der Waals surface area contributed by atoms with E-state index in [4.69, 9.17) is 0 Å². The van der Waals surface area contributed by atoms with Gasteiger partial charge in [-0.25, -0.2) is 0 Å². The van der Waals surface area contributed by atoms with Crippen molar-refractivity contribution in [1.29, 1.82) is 0 Å². The number of amides is 1. The fourth-order valence-corrected chi connectivity index (χ4v) is 2.47. The van der Waals surface area contributed by atoms with Crippen molar-refractivity contribution >= 4 is 11.9 Å². The number of carboxylic acid groups (broad SMARTS) is 1. The van der Waals surface area contributed by atoms with E-state index in [2.05, 4.69) is 10.6 Å². The number of carbonyl (C=O) groups is 2. The summed E-state index contributed by atoms with van der Waals surface area (Å²) >= 11 is 0. The molecule has 0 aromatic carbocycles. The van der Waals surface area contributed by atoms with E-state index in [1.165, 1.54) is 0 Å². The lowest BCUT2D eigenvalue weighted by Crippen LogP contribution is -2.48. The normalized spacial score (nSPS) is 27.3. The summed E-state index contributed by atoms with van der Waals surface area (Å²) < 4.78 is 0. The standard InChI is InChI=1S/C14H26N2O3/c1-13(2,3)15-9-7-11(17)16-10-6-5-8-14(10,4)12(18)19/h10,15H,5-9H2,1-4H3,(H,16,17)(H,18,19). The van der Waals surface area contributed by atoms with Gasteiger partial charge in [-0.2, -0.15) is 0 Å². The highest BCUT2D eigenvalue weighted by Gasteiger charge is 2.45. The molecule has 110 valence electrons. The molecule has 5 nitrogen and oxygen atoms in total. The summed E-state index contributed by atoms with van der Waals surface area (Å²) in [6, 6.07) is -0.243. The van der Waals surface area contributed by atoms with Gasteiger partial charge < -0.3 is 15.7 Å². The number of hydrogen-bond donors (Lipinski definition) is 3. The first-order valence-electron chi connectivity index (χ1n) is 6.93. The van der Waals surface area contributed by atoms with Gasteiger partial charge in [-0.1, -0.05) is 6.42 Å². The Balaban J connectivity index is 2.42. The molecule has 5 heteroatoms. The van der Waals surface area contributed by atoms with Gasteiger partial charge in [-0.15, -0.1) is 0 Å². The van der Waals surface area contributed by atoms with Gasteiger partial charge in [0.1, 0.15) is 0 Å². The average molecular weight is 270 g/mol. The monoisotopic (exact) mass is 270 g/mol. The van der Waals surface area contributed by atoms with Crippen molar-refractivity contribution in [3.05, 3.63) is 0 Å². The van der Waals surface area contributed by atoms with Crippen molar-refractivity contribution in [2.75, 3.05) is 6.54 Å². The molecule has 0 aromatic rings. The Kier molecular flexibility index (Phi) is 4.96. The molecule has 1 aliphatic carbocycles. The summed E-state index contributed by atoms with van der Waals surface area (Å²) in [5, 5.41) is 15.4. The molecular weight excluding hydrogens is 244 g/mol. The van der Waals surface area contributed by atoms with E-state index in [0.29, 0.717) is 19.4 Å². The van der Waals surface area contributed by atoms with Crippen LogP contribution >= 0.6 is 0 Å². The molecule has 2 atom stereocenters. The number of carboxylic acids is 1. The first-order chi connectivity index (χ1) is 8.65. The molecular formula is C14H26N2O3. The largest absolute Gasteiger partial charge is 0.481 e. The maximum Gasteiger partial charge on any atom is 0.311 e. The van der Waals surface area contributed by atoms with Crippen molar-refractivity contribution < 1.29 is 14.7 Å². The van der Waals surface area contributed by atoms with Crippen LogP contribution in [-0.4, -0.2) is 35.1 Å². The molecule has 19 heavy (non-hydrogen) atoms. The third-order valence-electron chi connectivity index (χ3n) is 3.79. The van der Waals surface area contributed by atoms with Crippen molar-refractivity contribution in [2.24, 2.45) is 5.41 Å². The predicted molar refractivity (Wildman–Crippen MR) is 73.9 cm³/mol. The second kappa shape index (κ2) is 5.90. The summed E-state index contributed by atoms with van der Waals surface area (Å²) in [6.45, 7) is 8.46. The van der Waals surface area contributed by atoms with Crippen molar-refractivity contribution in [2.45, 2.75) is 65.0 Å². The highest BCUT2D eigenvalue weighted by molar-refractivity contribution is 5.80. The lowest BCUT2D eigenvalue weighted by atomic mass is 9.85. The van der Waals surface area contributed by atoms with Crippen LogP contribution in [-0.2, 0) is 9.59 Å². The molecule has 0 saturated heterocycles. The van der Waals surface area contributed by atoms with Crippen LogP contribution in [0.15, 0.2) is 0 Å². The summed E-state index contributed by atoms with van der Waals surface area (Å²) in [5.74, 6) is -0.890. The van der Waals surface area contributed by atoms with Gasteiger partial charge in [0, 0.05) is 24.5 Å². The van der Waals surface area contributed by atoms with E-state index in [9.17, 15) is 14.7 Å². The maximum absolute atomic E-state index is 11.9. The minimum absolute atomic E-state index is 0.0107. The Hall–Kier alpha value is -1.10. The second-order valence-electron chi connectivity index (χ2n) is 6.66. The Morgan fingerprint density at radius 3 is 2.53 bits per heavy atom. The van der Waals surface area contributed by atoms with E-state index >= 15 is 0 Å². The zero-order chi connectivity index (χ0) is 14.7. The lowest BCUT2D eigenvalue weighted by Gasteiger charge is -2.28. The fraction of sp³-hybridized carbons (Fsp3) is 0.857. The number of carbonyl (C=O) groups excluding carboxylic acids is 1. The van der Waals surface area contributed by atoms with E-state index in [0.717, 1.165) is 12.8 Å². The third-order valence-corrected chi connectivity index (χ3v) is 3.79. The second-order valence-corrected chi connectivity index (χ2v) is 6.66. The molecule has 0 bridgehead atoms. The SMILES string of the molecule is CC(C)(C)NCCC(=O)NC1CCCC1(C)C(=O)O. The van der Waals surface area contributed by atoms with Crippen LogP contribution < -0.4 is 10.6 Å². The van der Waals surface area contributed by atoms with Crippen LogP contribution in [0.3, 0.4) is 0 Å². The maximum atomic E-state index is 11.9. The van der Waals surface area contributed by atoms with E-state index < -0.39 is 11.4 Å². The summed E-state index contributed by atoms with van der Waals surface area (Å²) in [6.07, 6.45) is 2.62. The summed E-state index contributed by atoms with van der Waals surface area (Å²) in [4.78, 5) is 23.1. The highest BCUT2D eigenvalue weighted by atomic mass is 16.4. The molecule has 0 radical (unpaired) electrons. The van der Waals surface area contributed by atoms with Crippen molar-refractivity contribution in [3.63, 3.8) is 0 Å². The van der Waals surface area contributed by atoms with Crippen LogP contribution in [0.4, 0.5) is 0 Å². The van der Waals surface area contributed by atoms with Gasteiger partial charge in [0.25, 0.3) is 0 Å². The van der Waals surface area contributed by atoms with E-state index in [1.807, 2.05) is 20.8 Å². The van der Waals surface area contributed by atoms with Crippen LogP contribution in [0.1, 0.15) is 53.4 Å². The molecule has 0 heterocycles. The van der Waals surface area contributed by atoms with Crippen molar-refractivity contribution in [3.8, 4) is 0 Å². The fourth-order valence-electron chi connectivity index (χ4n) is 2.47. The van der Waals surface area contributed by atoms with Gasteiger partial charge in [-0.05, 0) is 40.5 Å². The molecule has 0 aliphatic heterocycles. The summed E-state index contributed by atoms with van der Waals surface area (Å²) in [7, 11) is 0. The quantitative estimate of drug-likeness (QED) is 0.708. The predicted octanol–water partition coefficient (Wildman–Crippen LogP) is 1.52. The van der Waals surface area contributed by atoms with E-state index in [-0.39, 0.29) is 17.5 Å². The molecule has 3 N–H and O–H groups in total. The van der Waals surface area contributed by atoms with Gasteiger partial charge in [0.2, 0.25) is 5.91 Å². The van der Waals surface area contributed by atoms with Crippen LogP contribution in [0, 0.1) is 5.41 Å². The zero-order valence-electron chi connectivity index (χ0n) is 12.4. The molecule has 1 amide bonds. The minimum Gasteiger partial charge on any atom is -0.481 e. The first-order valence-corrected chi connectivity index (χ1v) is 6.93. The Morgan fingerprint density at radius 2 is 2.00 bits per heavy atom. The highest BCUT2D eigenvalue weighted by Crippen LogP contribution is 2.38. The van der Waals surface area contributed by atoms with Gasteiger partial charge >= 0.3 is 5.97 Å². The Labute approximate surface area is 115 Å². The molecule has 1 rings (SSSR count). The third kappa shape index (κ3) is 4.49. The van der Waals surface area contributed by atoms with Crippen LogP contribution in [0.5, 0.6) is 0 Å². The van der Waals surface area contributed by atoms with Gasteiger partial charge in [-0.3, -0.25) is 9.59 Å². The topological polar surface area (TPSA) is 78.4 Å². The number of rotatable bonds is 5. The molecule has 1 aliphatic rings. The van der Waals surface area contributed by atoms with E-state index in [1.54, 1.807) is 6.92 Å². The minimum atomic E-state index is -0.817. The number of hydrogen-bond acceptors (Lipinski definition) is 3. The molecule has 1 saturated carbocycles. The molecule has 2 unspecified atom stereocenters. The van der Waals surface area contributed by atoms with Gasteiger partial charge in [0.05, 0.1) is 5.41 Å². The smallest absolute Gasteiger partial charge is 0.311 e. The lowest BCUT2D eigenvalue weighted by molar-refractivity contribution is -0.149. The first kappa shape index (κ1) is 16.0. The average Bonchev–Trinajstić information content (AvgIpc) is 2.59.